The van der Waals surface area contributed by atoms with Crippen LogP contribution in [0.1, 0.15) is 43.0 Å². The largest absolute Gasteiger partial charge is 0.378 e. The highest BCUT2D eigenvalue weighted by molar-refractivity contribution is 9.10. The molecule has 0 unspecified atom stereocenters. The highest BCUT2D eigenvalue weighted by Crippen LogP contribution is 2.19. The Morgan fingerprint density at radius 3 is 3.00 bits per heavy atom. The number of hydrogen-bond acceptors (Lipinski definition) is 2. The first-order chi connectivity index (χ1) is 9.16. The number of hydrogen-bond donors (Lipinski definition) is 1. The van der Waals surface area contributed by atoms with Crippen LogP contribution in [0.3, 0.4) is 0 Å². The van der Waals surface area contributed by atoms with Crippen molar-refractivity contribution in [3.05, 3.63) is 34.3 Å². The van der Waals surface area contributed by atoms with E-state index in [1.165, 1.54) is 6.42 Å². The van der Waals surface area contributed by atoms with Crippen LogP contribution in [0, 0.1) is 0 Å². The van der Waals surface area contributed by atoms with Crippen molar-refractivity contribution in [3.63, 3.8) is 0 Å². The summed E-state index contributed by atoms with van der Waals surface area (Å²) in [5.74, 6) is -0.0210. The molecule has 1 aromatic carbocycles. The van der Waals surface area contributed by atoms with Crippen LogP contribution in [0.4, 0.5) is 0 Å². The average molecular weight is 326 g/mol. The predicted molar refractivity (Wildman–Crippen MR) is 79.3 cm³/mol. The van der Waals surface area contributed by atoms with Crippen LogP contribution >= 0.6 is 15.9 Å². The monoisotopic (exact) mass is 325 g/mol. The lowest BCUT2D eigenvalue weighted by atomic mass is 10.1. The minimum atomic E-state index is -0.0210. The van der Waals surface area contributed by atoms with Gasteiger partial charge in [-0.3, -0.25) is 4.79 Å². The number of carbonyl (C=O) groups is 1. The maximum Gasteiger partial charge on any atom is 0.252 e. The normalized spacial score (nSPS) is 20.2. The van der Waals surface area contributed by atoms with Crippen molar-refractivity contribution in [1.29, 1.82) is 0 Å². The van der Waals surface area contributed by atoms with Gasteiger partial charge in [0, 0.05) is 17.1 Å². The number of carbonyl (C=O) groups excluding carboxylic acids is 1. The fourth-order valence-electron chi connectivity index (χ4n) is 2.33. The van der Waals surface area contributed by atoms with Crippen LogP contribution < -0.4 is 5.32 Å². The van der Waals surface area contributed by atoms with E-state index in [1.54, 1.807) is 0 Å². The molecule has 0 spiro atoms. The van der Waals surface area contributed by atoms with Gasteiger partial charge in [-0.2, -0.15) is 0 Å². The summed E-state index contributed by atoms with van der Waals surface area (Å²) in [4.78, 5) is 12.1. The maximum atomic E-state index is 12.1. The van der Waals surface area contributed by atoms with E-state index in [2.05, 4.69) is 21.2 Å². The number of rotatable bonds is 5. The number of amides is 1. The molecule has 0 saturated carbocycles. The zero-order valence-corrected chi connectivity index (χ0v) is 12.8. The molecule has 0 bridgehead atoms. The molecule has 0 aromatic heterocycles. The predicted octanol–water partition coefficient (Wildman–Crippen LogP) is 3.53. The molecule has 1 heterocycles. The molecule has 1 amide bonds. The molecule has 4 heteroatoms. The maximum absolute atomic E-state index is 12.1. The Kier molecular flexibility index (Phi) is 5.40. The van der Waals surface area contributed by atoms with Gasteiger partial charge in [-0.15, -0.1) is 0 Å². The molecule has 1 aliphatic heterocycles. The highest BCUT2D eigenvalue weighted by atomic mass is 79.9. The van der Waals surface area contributed by atoms with E-state index in [1.807, 2.05) is 31.2 Å². The van der Waals surface area contributed by atoms with E-state index >= 15 is 0 Å². The Morgan fingerprint density at radius 2 is 2.32 bits per heavy atom. The van der Waals surface area contributed by atoms with Gasteiger partial charge in [0.25, 0.3) is 5.91 Å². The van der Waals surface area contributed by atoms with Gasteiger partial charge in [-0.25, -0.2) is 0 Å². The van der Waals surface area contributed by atoms with Gasteiger partial charge in [-0.05, 0) is 60.7 Å². The van der Waals surface area contributed by atoms with Gasteiger partial charge in [0.05, 0.1) is 11.7 Å². The minimum Gasteiger partial charge on any atom is -0.378 e. The number of halogens is 1. The Hall–Kier alpha value is -0.870. The zero-order valence-electron chi connectivity index (χ0n) is 11.2. The lowest BCUT2D eigenvalue weighted by Crippen LogP contribution is -2.33. The van der Waals surface area contributed by atoms with Crippen LogP contribution in [-0.2, 0) is 4.74 Å². The quantitative estimate of drug-likeness (QED) is 0.899. The minimum absolute atomic E-state index is 0.0210. The molecule has 3 nitrogen and oxygen atoms in total. The molecule has 1 N–H and O–H groups in total. The summed E-state index contributed by atoms with van der Waals surface area (Å²) < 4.78 is 6.42. The lowest BCUT2D eigenvalue weighted by molar-refractivity contribution is 0.0899. The van der Waals surface area contributed by atoms with E-state index in [4.69, 9.17) is 4.74 Å². The van der Waals surface area contributed by atoms with E-state index in [-0.39, 0.29) is 11.9 Å². The Bertz CT molecular complexity index is 430. The van der Waals surface area contributed by atoms with Crippen LogP contribution in [-0.4, -0.2) is 24.7 Å². The zero-order chi connectivity index (χ0) is 13.7. The Labute approximate surface area is 122 Å². The fourth-order valence-corrected chi connectivity index (χ4v) is 2.79. The van der Waals surface area contributed by atoms with Crippen LogP contribution in [0.25, 0.3) is 0 Å². The van der Waals surface area contributed by atoms with Gasteiger partial charge in [0.15, 0.2) is 0 Å². The summed E-state index contributed by atoms with van der Waals surface area (Å²) in [6.45, 7) is 2.94. The molecule has 1 fully saturated rings. The van der Waals surface area contributed by atoms with Gasteiger partial charge < -0.3 is 10.1 Å². The van der Waals surface area contributed by atoms with Crippen molar-refractivity contribution < 1.29 is 9.53 Å². The first kappa shape index (κ1) is 14.5. The smallest absolute Gasteiger partial charge is 0.252 e. The summed E-state index contributed by atoms with van der Waals surface area (Å²) >= 11 is 3.40. The van der Waals surface area contributed by atoms with Crippen molar-refractivity contribution >= 4 is 21.8 Å². The van der Waals surface area contributed by atoms with E-state index in [9.17, 15) is 4.79 Å². The Balaban J connectivity index is 1.79. The molecule has 104 valence electrons. The molecule has 0 aliphatic carbocycles. The summed E-state index contributed by atoms with van der Waals surface area (Å²) in [5, 5.41) is 3.04. The highest BCUT2D eigenvalue weighted by Gasteiger charge is 2.17. The third-order valence-corrected chi connectivity index (χ3v) is 4.13. The molecular formula is C15H20BrNO2. The van der Waals surface area contributed by atoms with Gasteiger partial charge in [0.1, 0.15) is 0 Å². The van der Waals surface area contributed by atoms with E-state index in [0.717, 1.165) is 30.3 Å². The van der Waals surface area contributed by atoms with Crippen LogP contribution in [0.2, 0.25) is 0 Å². The first-order valence-corrected chi connectivity index (χ1v) is 7.63. The summed E-state index contributed by atoms with van der Waals surface area (Å²) in [6, 6.07) is 7.65. The van der Waals surface area contributed by atoms with Crippen LogP contribution in [0.15, 0.2) is 28.7 Å². The van der Waals surface area contributed by atoms with Crippen molar-refractivity contribution in [1.82, 2.24) is 5.32 Å². The second-order valence-electron chi connectivity index (χ2n) is 5.07. The molecule has 1 aromatic rings. The molecular weight excluding hydrogens is 306 g/mol. The summed E-state index contributed by atoms with van der Waals surface area (Å²) in [7, 11) is 0. The van der Waals surface area contributed by atoms with Crippen molar-refractivity contribution in [2.45, 2.75) is 44.8 Å². The molecule has 19 heavy (non-hydrogen) atoms. The van der Waals surface area contributed by atoms with Crippen molar-refractivity contribution in [2.75, 3.05) is 6.61 Å². The van der Waals surface area contributed by atoms with E-state index in [0.29, 0.717) is 11.7 Å². The van der Waals surface area contributed by atoms with E-state index < -0.39 is 0 Å². The second-order valence-corrected chi connectivity index (χ2v) is 5.92. The summed E-state index contributed by atoms with van der Waals surface area (Å²) in [6.07, 6.45) is 4.70. The standard InChI is InChI=1S/C15H20BrNO2/c1-11(8-9-12-5-4-10-19-12)17-15(18)13-6-2-3-7-14(13)16/h2-3,6-7,11-12H,4-5,8-10H2,1H3,(H,17,18)/t11-,12+/m0/s1. The average Bonchev–Trinajstić information content (AvgIpc) is 2.90. The lowest BCUT2D eigenvalue weighted by Gasteiger charge is -2.16. The van der Waals surface area contributed by atoms with Crippen molar-refractivity contribution in [3.8, 4) is 0 Å². The molecule has 2 rings (SSSR count). The number of ether oxygens (including phenoxy) is 1. The first-order valence-electron chi connectivity index (χ1n) is 6.84. The summed E-state index contributed by atoms with van der Waals surface area (Å²) in [5.41, 5.74) is 0.687. The van der Waals surface area contributed by atoms with Crippen molar-refractivity contribution in [2.24, 2.45) is 0 Å². The molecule has 1 aliphatic rings. The molecule has 1 saturated heterocycles. The Morgan fingerprint density at radius 1 is 1.53 bits per heavy atom. The fraction of sp³-hybridized carbons (Fsp3) is 0.533. The molecule has 0 radical (unpaired) electrons. The topological polar surface area (TPSA) is 38.3 Å². The third-order valence-electron chi connectivity index (χ3n) is 3.44. The second kappa shape index (κ2) is 7.06. The number of nitrogens with one attached hydrogen (secondary N) is 1. The number of benzene rings is 1. The molecule has 2 atom stereocenters. The van der Waals surface area contributed by atoms with Crippen LogP contribution in [0.5, 0.6) is 0 Å². The van der Waals surface area contributed by atoms with Gasteiger partial charge >= 0.3 is 0 Å². The van der Waals surface area contributed by atoms with Gasteiger partial charge in [-0.1, -0.05) is 12.1 Å². The third kappa shape index (κ3) is 4.32. The SMILES string of the molecule is C[C@@H](CC[C@H]1CCCO1)NC(=O)c1ccccc1Br. The van der Waals surface area contributed by atoms with Gasteiger partial charge in [0.2, 0.25) is 0 Å².